The van der Waals surface area contributed by atoms with Crippen LogP contribution in [-0.2, 0) is 4.79 Å². The number of aliphatic carboxylic acids is 1. The van der Waals surface area contributed by atoms with Crippen LogP contribution in [0.3, 0.4) is 0 Å². The maximum Gasteiger partial charge on any atom is 0.304 e. The molecule has 1 aromatic heterocycles. The number of ketones is 1. The Morgan fingerprint density at radius 2 is 2.05 bits per heavy atom. The van der Waals surface area contributed by atoms with Crippen molar-refractivity contribution in [2.45, 2.75) is 25.5 Å². The van der Waals surface area contributed by atoms with Gasteiger partial charge in [0.05, 0.1) is 11.7 Å². The van der Waals surface area contributed by atoms with Crippen molar-refractivity contribution in [3.63, 3.8) is 0 Å². The highest BCUT2D eigenvalue weighted by molar-refractivity contribution is 8.00. The monoisotopic (exact) mass is 291 g/mol. The maximum atomic E-state index is 12.5. The Hall–Kier alpha value is -1.75. The molecular formula is C15H17NO3S. The van der Waals surface area contributed by atoms with Gasteiger partial charge in [-0.25, -0.2) is 0 Å². The minimum atomic E-state index is -0.833. The van der Waals surface area contributed by atoms with E-state index < -0.39 is 5.97 Å². The van der Waals surface area contributed by atoms with Gasteiger partial charge in [0, 0.05) is 27.9 Å². The van der Waals surface area contributed by atoms with Crippen LogP contribution in [0.1, 0.15) is 29.4 Å². The van der Waals surface area contributed by atoms with Crippen LogP contribution in [0.5, 0.6) is 0 Å². The Kier molecular flexibility index (Phi) is 4.49. The second-order valence-corrected chi connectivity index (χ2v) is 6.14. The van der Waals surface area contributed by atoms with Gasteiger partial charge >= 0.3 is 5.97 Å². The summed E-state index contributed by atoms with van der Waals surface area (Å²) < 4.78 is 0. The summed E-state index contributed by atoms with van der Waals surface area (Å²) in [5.74, 6) is -0.334. The molecule has 2 N–H and O–H groups in total. The Bertz CT molecular complexity index is 648. The average Bonchev–Trinajstić information content (AvgIpc) is 2.73. The number of hydrogen-bond acceptors (Lipinski definition) is 3. The van der Waals surface area contributed by atoms with Gasteiger partial charge in [-0.3, -0.25) is 9.59 Å². The fourth-order valence-corrected chi connectivity index (χ4v) is 3.11. The number of benzene rings is 1. The molecule has 1 heterocycles. The number of rotatable bonds is 6. The number of nitrogens with one attached hydrogen (secondary N) is 1. The van der Waals surface area contributed by atoms with Crippen molar-refractivity contribution in [3.05, 3.63) is 35.5 Å². The van der Waals surface area contributed by atoms with Crippen molar-refractivity contribution in [2.24, 2.45) is 0 Å². The van der Waals surface area contributed by atoms with E-state index in [-0.39, 0.29) is 17.5 Å². The zero-order valence-electron chi connectivity index (χ0n) is 11.5. The summed E-state index contributed by atoms with van der Waals surface area (Å²) in [5.41, 5.74) is 2.54. The number of aryl methyl sites for hydroxylation is 1. The summed E-state index contributed by atoms with van der Waals surface area (Å²) in [7, 11) is 0. The SMILES string of the molecule is Cc1[nH]c2ccccc2c1C(=O)[C@@H](C)SCCC(=O)O. The van der Waals surface area contributed by atoms with E-state index in [1.165, 1.54) is 11.8 Å². The lowest BCUT2D eigenvalue weighted by Gasteiger charge is -2.09. The molecule has 0 aliphatic heterocycles. The van der Waals surface area contributed by atoms with Crippen LogP contribution in [0.2, 0.25) is 0 Å². The molecule has 0 aliphatic carbocycles. The van der Waals surface area contributed by atoms with Crippen molar-refractivity contribution in [1.29, 1.82) is 0 Å². The van der Waals surface area contributed by atoms with E-state index in [1.54, 1.807) is 0 Å². The topological polar surface area (TPSA) is 70.2 Å². The molecule has 2 aromatic rings. The van der Waals surface area contributed by atoms with E-state index in [2.05, 4.69) is 4.98 Å². The molecule has 2 rings (SSSR count). The Morgan fingerprint density at radius 3 is 2.75 bits per heavy atom. The van der Waals surface area contributed by atoms with Gasteiger partial charge in [-0.05, 0) is 19.9 Å². The van der Waals surface area contributed by atoms with Crippen LogP contribution < -0.4 is 0 Å². The van der Waals surface area contributed by atoms with E-state index in [1.807, 2.05) is 38.1 Å². The summed E-state index contributed by atoms with van der Waals surface area (Å²) in [5, 5.41) is 9.32. The highest BCUT2D eigenvalue weighted by Crippen LogP contribution is 2.26. The van der Waals surface area contributed by atoms with E-state index in [0.717, 1.165) is 22.2 Å². The minimum Gasteiger partial charge on any atom is -0.481 e. The van der Waals surface area contributed by atoms with E-state index in [4.69, 9.17) is 5.11 Å². The predicted molar refractivity (Wildman–Crippen MR) is 81.5 cm³/mol. The number of para-hydroxylation sites is 1. The number of Topliss-reactive ketones (excluding diaryl/α,β-unsaturated/α-hetero) is 1. The standard InChI is InChI=1S/C15H17NO3S/c1-9-14(11-5-3-4-6-12(11)16-9)15(19)10(2)20-8-7-13(17)18/h3-6,10,16H,7-8H2,1-2H3,(H,17,18)/t10-/m1/s1. The van der Waals surface area contributed by atoms with E-state index >= 15 is 0 Å². The molecule has 20 heavy (non-hydrogen) atoms. The quantitative estimate of drug-likeness (QED) is 0.801. The molecule has 106 valence electrons. The number of H-pyrrole nitrogens is 1. The molecule has 0 unspecified atom stereocenters. The predicted octanol–water partition coefficient (Wildman–Crippen LogP) is 3.26. The molecular weight excluding hydrogens is 274 g/mol. The number of fused-ring (bicyclic) bond motifs is 1. The van der Waals surface area contributed by atoms with Gasteiger partial charge in [-0.15, -0.1) is 11.8 Å². The molecule has 0 bridgehead atoms. The number of carbonyl (C=O) groups is 2. The third kappa shape index (κ3) is 3.04. The van der Waals surface area contributed by atoms with Crippen LogP contribution in [0.25, 0.3) is 10.9 Å². The molecule has 0 saturated carbocycles. The van der Waals surface area contributed by atoms with Crippen LogP contribution in [-0.4, -0.2) is 32.8 Å². The second kappa shape index (κ2) is 6.13. The summed E-state index contributed by atoms with van der Waals surface area (Å²) in [6, 6.07) is 7.72. The van der Waals surface area contributed by atoms with Gasteiger partial charge in [-0.2, -0.15) is 0 Å². The number of aromatic nitrogens is 1. The highest BCUT2D eigenvalue weighted by atomic mass is 32.2. The maximum absolute atomic E-state index is 12.5. The Morgan fingerprint density at radius 1 is 1.35 bits per heavy atom. The Labute approximate surface area is 121 Å². The van der Waals surface area contributed by atoms with Gasteiger partial charge in [0.15, 0.2) is 5.78 Å². The number of carbonyl (C=O) groups excluding carboxylic acids is 1. The van der Waals surface area contributed by atoms with Crippen molar-refractivity contribution < 1.29 is 14.7 Å². The van der Waals surface area contributed by atoms with Crippen molar-refractivity contribution >= 4 is 34.4 Å². The van der Waals surface area contributed by atoms with Crippen LogP contribution in [0, 0.1) is 6.92 Å². The van der Waals surface area contributed by atoms with Crippen molar-refractivity contribution in [2.75, 3.05) is 5.75 Å². The molecule has 1 atom stereocenters. The fraction of sp³-hybridized carbons (Fsp3) is 0.333. The van der Waals surface area contributed by atoms with Gasteiger partial charge in [0.2, 0.25) is 0 Å². The summed E-state index contributed by atoms with van der Waals surface area (Å²) >= 11 is 1.38. The van der Waals surface area contributed by atoms with Gasteiger partial charge in [0.1, 0.15) is 0 Å². The lowest BCUT2D eigenvalue weighted by atomic mass is 10.1. The molecule has 5 heteroatoms. The molecule has 0 radical (unpaired) electrons. The van der Waals surface area contributed by atoms with E-state index in [0.29, 0.717) is 5.75 Å². The minimum absolute atomic E-state index is 0.0512. The largest absolute Gasteiger partial charge is 0.481 e. The fourth-order valence-electron chi connectivity index (χ4n) is 2.20. The zero-order valence-corrected chi connectivity index (χ0v) is 12.3. The van der Waals surface area contributed by atoms with Crippen LogP contribution in [0.15, 0.2) is 24.3 Å². The smallest absolute Gasteiger partial charge is 0.304 e. The first-order valence-electron chi connectivity index (χ1n) is 6.45. The second-order valence-electron chi connectivity index (χ2n) is 4.69. The van der Waals surface area contributed by atoms with Gasteiger partial charge < -0.3 is 10.1 Å². The summed E-state index contributed by atoms with van der Waals surface area (Å²) in [4.78, 5) is 26.2. The lowest BCUT2D eigenvalue weighted by molar-refractivity contribution is -0.136. The highest BCUT2D eigenvalue weighted by Gasteiger charge is 2.21. The first-order chi connectivity index (χ1) is 9.50. The van der Waals surface area contributed by atoms with Gasteiger partial charge in [0.25, 0.3) is 0 Å². The Balaban J connectivity index is 2.18. The number of carboxylic acid groups (broad SMARTS) is 1. The van der Waals surface area contributed by atoms with Crippen molar-refractivity contribution in [3.8, 4) is 0 Å². The molecule has 1 aromatic carbocycles. The van der Waals surface area contributed by atoms with Crippen molar-refractivity contribution in [1.82, 2.24) is 4.98 Å². The van der Waals surface area contributed by atoms with Gasteiger partial charge in [-0.1, -0.05) is 18.2 Å². The summed E-state index contributed by atoms with van der Waals surface area (Å²) in [6.07, 6.45) is 0.0785. The third-order valence-corrected chi connectivity index (χ3v) is 4.35. The number of hydrogen-bond donors (Lipinski definition) is 2. The number of aromatic amines is 1. The van der Waals surface area contributed by atoms with Crippen LogP contribution in [0.4, 0.5) is 0 Å². The molecule has 0 saturated heterocycles. The first kappa shape index (κ1) is 14.7. The normalized spacial score (nSPS) is 12.5. The summed E-state index contributed by atoms with van der Waals surface area (Å²) in [6.45, 7) is 3.72. The average molecular weight is 291 g/mol. The molecule has 0 aliphatic rings. The van der Waals surface area contributed by atoms with E-state index in [9.17, 15) is 9.59 Å². The third-order valence-electron chi connectivity index (χ3n) is 3.19. The molecule has 4 nitrogen and oxygen atoms in total. The lowest BCUT2D eigenvalue weighted by Crippen LogP contribution is -2.15. The molecule has 0 fully saturated rings. The molecule has 0 spiro atoms. The number of thioether (sulfide) groups is 1. The zero-order chi connectivity index (χ0) is 14.7. The van der Waals surface area contributed by atoms with Crippen LogP contribution >= 0.6 is 11.8 Å². The molecule has 0 amide bonds. The number of carboxylic acids is 1. The first-order valence-corrected chi connectivity index (χ1v) is 7.50.